The number of hydrogen-bond acceptors (Lipinski definition) is 8. The smallest absolute Gasteiger partial charge is 0.337 e. The zero-order chi connectivity index (χ0) is 24.0. The van der Waals surface area contributed by atoms with Crippen molar-refractivity contribution in [2.24, 2.45) is 0 Å². The largest absolute Gasteiger partial charge is 0.495 e. The minimum Gasteiger partial charge on any atom is -0.495 e. The molecule has 0 unspecified atom stereocenters. The van der Waals surface area contributed by atoms with Gasteiger partial charge in [0.2, 0.25) is 15.9 Å². The highest BCUT2D eigenvalue weighted by Gasteiger charge is 2.29. The summed E-state index contributed by atoms with van der Waals surface area (Å²) in [5, 5.41) is 5.71. The number of sulfonamides is 1. The lowest BCUT2D eigenvalue weighted by atomic mass is 10.1. The number of carbonyl (C=O) groups excluding carboxylic acids is 2. The first-order valence-electron chi connectivity index (χ1n) is 10.2. The Balaban J connectivity index is 1.70. The van der Waals surface area contributed by atoms with Crippen molar-refractivity contribution in [1.29, 1.82) is 0 Å². The normalized spacial score (nSPS) is 14.4. The number of hydrogen-bond donors (Lipinski definition) is 2. The molecule has 0 saturated carbocycles. The van der Waals surface area contributed by atoms with E-state index >= 15 is 0 Å². The predicted octanol–water partition coefficient (Wildman–Crippen LogP) is 1.86. The number of aryl methyl sites for hydroxylation is 1. The third-order valence-corrected chi connectivity index (χ3v) is 7.04. The third kappa shape index (κ3) is 5.81. The second-order valence-electron chi connectivity index (χ2n) is 7.31. The van der Waals surface area contributed by atoms with Gasteiger partial charge in [0, 0.05) is 24.5 Å². The van der Waals surface area contributed by atoms with Gasteiger partial charge in [0.25, 0.3) is 0 Å². The number of esters is 1. The van der Waals surface area contributed by atoms with E-state index in [1.807, 2.05) is 0 Å². The van der Waals surface area contributed by atoms with Crippen molar-refractivity contribution in [3.05, 3.63) is 47.5 Å². The number of methoxy groups -OCH3 is 2. The molecule has 0 bridgehead atoms. The van der Waals surface area contributed by atoms with Crippen LogP contribution in [0.15, 0.2) is 41.3 Å². The number of rotatable bonds is 8. The SMILES string of the molecule is COC(=O)c1ccc(NCC(=O)Nc2ccc(OC)c(S(=O)(=O)N3CCOCC3)c2)c(C)c1. The van der Waals surface area contributed by atoms with Crippen molar-refractivity contribution in [2.45, 2.75) is 11.8 Å². The Kier molecular flexibility index (Phi) is 7.90. The molecule has 1 saturated heterocycles. The summed E-state index contributed by atoms with van der Waals surface area (Å²) in [6.07, 6.45) is 0. The number of nitrogens with one attached hydrogen (secondary N) is 2. The number of morpholine rings is 1. The lowest BCUT2D eigenvalue weighted by Crippen LogP contribution is -2.40. The lowest BCUT2D eigenvalue weighted by Gasteiger charge is -2.26. The Morgan fingerprint density at radius 2 is 1.82 bits per heavy atom. The monoisotopic (exact) mass is 477 g/mol. The molecule has 3 rings (SSSR count). The summed E-state index contributed by atoms with van der Waals surface area (Å²) in [4.78, 5) is 24.1. The Labute approximate surface area is 192 Å². The second-order valence-corrected chi connectivity index (χ2v) is 9.21. The molecule has 1 aliphatic heterocycles. The summed E-state index contributed by atoms with van der Waals surface area (Å²) >= 11 is 0. The zero-order valence-electron chi connectivity index (χ0n) is 18.7. The summed E-state index contributed by atoms with van der Waals surface area (Å²) in [5.74, 6) is -0.616. The lowest BCUT2D eigenvalue weighted by molar-refractivity contribution is -0.114. The van der Waals surface area contributed by atoms with Crippen molar-refractivity contribution in [2.75, 3.05) is 57.7 Å². The average Bonchev–Trinajstić information content (AvgIpc) is 2.83. The van der Waals surface area contributed by atoms with Crippen LogP contribution in [0.1, 0.15) is 15.9 Å². The fourth-order valence-electron chi connectivity index (χ4n) is 3.37. The van der Waals surface area contributed by atoms with Gasteiger partial charge in [-0.05, 0) is 48.9 Å². The molecule has 178 valence electrons. The topological polar surface area (TPSA) is 123 Å². The Bertz CT molecular complexity index is 1130. The number of carbonyl (C=O) groups is 2. The second kappa shape index (κ2) is 10.6. The summed E-state index contributed by atoms with van der Waals surface area (Å²) in [6, 6.07) is 9.42. The van der Waals surface area contributed by atoms with Crippen LogP contribution in [0.25, 0.3) is 0 Å². The molecule has 0 spiro atoms. The minimum absolute atomic E-state index is 0.0214. The van der Waals surface area contributed by atoms with Crippen molar-refractivity contribution >= 4 is 33.3 Å². The predicted molar refractivity (Wildman–Crippen MR) is 122 cm³/mol. The minimum atomic E-state index is -3.81. The van der Waals surface area contributed by atoms with E-state index in [1.54, 1.807) is 31.2 Å². The number of nitrogens with zero attached hydrogens (tertiary/aromatic N) is 1. The van der Waals surface area contributed by atoms with Crippen LogP contribution in [0.2, 0.25) is 0 Å². The molecule has 1 aliphatic rings. The maximum absolute atomic E-state index is 13.1. The van der Waals surface area contributed by atoms with Crippen LogP contribution in [0.4, 0.5) is 11.4 Å². The third-order valence-electron chi connectivity index (χ3n) is 5.12. The number of benzene rings is 2. The van der Waals surface area contributed by atoms with Gasteiger partial charge in [-0.1, -0.05) is 0 Å². The fraction of sp³-hybridized carbons (Fsp3) is 0.364. The molecule has 10 nitrogen and oxygen atoms in total. The van der Waals surface area contributed by atoms with Gasteiger partial charge in [0.15, 0.2) is 0 Å². The summed E-state index contributed by atoms with van der Waals surface area (Å²) in [7, 11) is -1.11. The molecule has 0 atom stereocenters. The van der Waals surface area contributed by atoms with Crippen LogP contribution in [-0.4, -0.2) is 71.7 Å². The quantitative estimate of drug-likeness (QED) is 0.553. The van der Waals surface area contributed by atoms with Crippen LogP contribution in [0, 0.1) is 6.92 Å². The van der Waals surface area contributed by atoms with Gasteiger partial charge in [0.05, 0.1) is 39.5 Å². The van der Waals surface area contributed by atoms with Gasteiger partial charge in [-0.25, -0.2) is 13.2 Å². The van der Waals surface area contributed by atoms with E-state index in [-0.39, 0.29) is 36.2 Å². The molecule has 1 fully saturated rings. The summed E-state index contributed by atoms with van der Waals surface area (Å²) in [5.41, 5.74) is 2.20. The highest BCUT2D eigenvalue weighted by molar-refractivity contribution is 7.89. The van der Waals surface area contributed by atoms with Crippen LogP contribution in [0.3, 0.4) is 0 Å². The summed E-state index contributed by atoms with van der Waals surface area (Å²) in [6.45, 7) is 2.89. The van der Waals surface area contributed by atoms with Gasteiger partial charge in [0.1, 0.15) is 10.6 Å². The molecule has 2 N–H and O–H groups in total. The van der Waals surface area contributed by atoms with E-state index in [9.17, 15) is 18.0 Å². The van der Waals surface area contributed by atoms with E-state index in [1.165, 1.54) is 30.7 Å². The molecule has 0 aliphatic carbocycles. The first-order chi connectivity index (χ1) is 15.8. The van der Waals surface area contributed by atoms with Crippen LogP contribution < -0.4 is 15.4 Å². The van der Waals surface area contributed by atoms with Crippen molar-refractivity contribution in [3.63, 3.8) is 0 Å². The zero-order valence-corrected chi connectivity index (χ0v) is 19.5. The number of ether oxygens (including phenoxy) is 3. The van der Waals surface area contributed by atoms with Crippen LogP contribution in [0.5, 0.6) is 5.75 Å². The van der Waals surface area contributed by atoms with Gasteiger partial charge < -0.3 is 24.8 Å². The van der Waals surface area contributed by atoms with E-state index in [4.69, 9.17) is 14.2 Å². The van der Waals surface area contributed by atoms with E-state index in [0.717, 1.165) is 5.56 Å². The van der Waals surface area contributed by atoms with Crippen LogP contribution >= 0.6 is 0 Å². The number of amides is 1. The Morgan fingerprint density at radius 1 is 1.09 bits per heavy atom. The Hall–Kier alpha value is -3.15. The van der Waals surface area contributed by atoms with E-state index < -0.39 is 16.0 Å². The molecule has 2 aromatic carbocycles. The highest BCUT2D eigenvalue weighted by atomic mass is 32.2. The standard InChI is InChI=1S/C22H27N3O7S/c1-15-12-16(22(27)31-3)4-6-18(15)23-14-21(26)24-17-5-7-19(30-2)20(13-17)33(28,29)25-8-10-32-11-9-25/h4-7,12-13,23H,8-11,14H2,1-3H3,(H,24,26). The van der Waals surface area contributed by atoms with E-state index in [2.05, 4.69) is 10.6 Å². The highest BCUT2D eigenvalue weighted by Crippen LogP contribution is 2.30. The molecule has 2 aromatic rings. The maximum atomic E-state index is 13.1. The molecule has 0 radical (unpaired) electrons. The summed E-state index contributed by atoms with van der Waals surface area (Å²) < 4.78 is 42.7. The number of anilines is 2. The Morgan fingerprint density at radius 3 is 2.45 bits per heavy atom. The molecule has 0 aromatic heterocycles. The van der Waals surface area contributed by atoms with Crippen LogP contribution in [-0.2, 0) is 24.3 Å². The fourth-order valence-corrected chi connectivity index (χ4v) is 4.96. The molecule has 1 amide bonds. The van der Waals surface area contributed by atoms with Gasteiger partial charge in [-0.3, -0.25) is 4.79 Å². The maximum Gasteiger partial charge on any atom is 0.337 e. The van der Waals surface area contributed by atoms with Crippen molar-refractivity contribution in [3.8, 4) is 5.75 Å². The molecule has 33 heavy (non-hydrogen) atoms. The van der Waals surface area contributed by atoms with Gasteiger partial charge in [-0.2, -0.15) is 4.31 Å². The average molecular weight is 478 g/mol. The van der Waals surface area contributed by atoms with Crippen molar-refractivity contribution < 1.29 is 32.2 Å². The van der Waals surface area contributed by atoms with E-state index in [0.29, 0.717) is 30.2 Å². The first-order valence-corrected chi connectivity index (χ1v) is 11.7. The first kappa shape index (κ1) is 24.5. The molecular formula is C22H27N3O7S. The van der Waals surface area contributed by atoms with Gasteiger partial charge >= 0.3 is 5.97 Å². The van der Waals surface area contributed by atoms with Gasteiger partial charge in [-0.15, -0.1) is 0 Å². The molecule has 1 heterocycles. The molecular weight excluding hydrogens is 450 g/mol. The molecule has 11 heteroatoms. The van der Waals surface area contributed by atoms with Crippen molar-refractivity contribution in [1.82, 2.24) is 4.31 Å².